The molecule has 2 rings (SSSR count). The van der Waals surface area contributed by atoms with E-state index in [1.54, 1.807) is 0 Å². The Bertz CT molecular complexity index is 862. The van der Waals surface area contributed by atoms with Gasteiger partial charge in [-0.2, -0.15) is 0 Å². The van der Waals surface area contributed by atoms with Crippen LogP contribution < -0.4 is 10.0 Å². The monoisotopic (exact) mass is 360 g/mol. The van der Waals surface area contributed by atoms with Crippen molar-refractivity contribution in [3.63, 3.8) is 0 Å². The summed E-state index contributed by atoms with van der Waals surface area (Å²) in [7, 11) is -3.72. The number of anilines is 1. The molecule has 2 aromatic carbocycles. The van der Waals surface area contributed by atoms with E-state index < -0.39 is 10.0 Å². The first-order chi connectivity index (χ1) is 11.6. The lowest BCUT2D eigenvalue weighted by Gasteiger charge is -2.14. The molecular formula is C19H24N2O3S. The number of nitrogens with one attached hydrogen (secondary N) is 2. The van der Waals surface area contributed by atoms with Crippen molar-refractivity contribution in [3.05, 3.63) is 58.7 Å². The standard InChI is InChI=1S/C19H24N2O3S/c1-12(2)20-19(22)16-6-8-17(9-7-16)25(23,24)21-18-14(4)10-13(3)11-15(18)5/h6-12,21H,1-5H3,(H,20,22). The molecule has 0 spiro atoms. The summed E-state index contributed by atoms with van der Waals surface area (Å²) in [5.41, 5.74) is 3.84. The zero-order chi connectivity index (χ0) is 18.8. The second-order valence-electron chi connectivity index (χ2n) is 6.53. The van der Waals surface area contributed by atoms with E-state index in [4.69, 9.17) is 0 Å². The summed E-state index contributed by atoms with van der Waals surface area (Å²) >= 11 is 0. The molecule has 0 aliphatic carbocycles. The molecule has 0 heterocycles. The number of carbonyl (C=O) groups is 1. The number of benzene rings is 2. The van der Waals surface area contributed by atoms with Crippen LogP contribution in [0.4, 0.5) is 5.69 Å². The van der Waals surface area contributed by atoms with E-state index in [0.717, 1.165) is 16.7 Å². The topological polar surface area (TPSA) is 75.3 Å². The number of hydrogen-bond donors (Lipinski definition) is 2. The van der Waals surface area contributed by atoms with Gasteiger partial charge in [-0.25, -0.2) is 8.42 Å². The number of aryl methyl sites for hydroxylation is 3. The zero-order valence-electron chi connectivity index (χ0n) is 15.2. The van der Waals surface area contributed by atoms with Gasteiger partial charge >= 0.3 is 0 Å². The molecule has 0 aliphatic heterocycles. The minimum Gasteiger partial charge on any atom is -0.350 e. The van der Waals surface area contributed by atoms with Crippen LogP contribution >= 0.6 is 0 Å². The molecule has 0 unspecified atom stereocenters. The highest BCUT2D eigenvalue weighted by atomic mass is 32.2. The summed E-state index contributed by atoms with van der Waals surface area (Å²) in [4.78, 5) is 12.1. The fourth-order valence-corrected chi connectivity index (χ4v) is 3.87. The van der Waals surface area contributed by atoms with E-state index in [9.17, 15) is 13.2 Å². The number of rotatable bonds is 5. The first kappa shape index (κ1) is 19.0. The maximum atomic E-state index is 12.6. The second kappa shape index (κ2) is 7.27. The van der Waals surface area contributed by atoms with Gasteiger partial charge in [0.2, 0.25) is 0 Å². The SMILES string of the molecule is Cc1cc(C)c(NS(=O)(=O)c2ccc(C(=O)NC(C)C)cc2)c(C)c1. The normalized spacial score (nSPS) is 11.4. The van der Waals surface area contributed by atoms with Gasteiger partial charge in [-0.1, -0.05) is 17.7 Å². The third-order valence-corrected chi connectivity index (χ3v) is 5.13. The van der Waals surface area contributed by atoms with Gasteiger partial charge in [-0.05, 0) is 70.0 Å². The van der Waals surface area contributed by atoms with Crippen LogP contribution in [0.5, 0.6) is 0 Å². The molecule has 5 nitrogen and oxygen atoms in total. The van der Waals surface area contributed by atoms with Crippen LogP contribution in [0.15, 0.2) is 41.3 Å². The Labute approximate surface area is 149 Å². The third kappa shape index (κ3) is 4.60. The molecule has 6 heteroatoms. The van der Waals surface area contributed by atoms with Crippen LogP contribution in [0.25, 0.3) is 0 Å². The van der Waals surface area contributed by atoms with Crippen LogP contribution in [0, 0.1) is 20.8 Å². The van der Waals surface area contributed by atoms with Gasteiger partial charge in [0.15, 0.2) is 0 Å². The molecule has 0 fully saturated rings. The lowest BCUT2D eigenvalue weighted by atomic mass is 10.1. The number of sulfonamides is 1. The quantitative estimate of drug-likeness (QED) is 0.856. The second-order valence-corrected chi connectivity index (χ2v) is 8.21. The van der Waals surface area contributed by atoms with Crippen LogP contribution in [-0.4, -0.2) is 20.4 Å². The molecule has 0 aliphatic rings. The van der Waals surface area contributed by atoms with Gasteiger partial charge in [0.1, 0.15) is 0 Å². The smallest absolute Gasteiger partial charge is 0.261 e. The lowest BCUT2D eigenvalue weighted by Crippen LogP contribution is -2.30. The van der Waals surface area contributed by atoms with Crippen LogP contribution in [0.1, 0.15) is 40.9 Å². The Hall–Kier alpha value is -2.34. The summed E-state index contributed by atoms with van der Waals surface area (Å²) in [6.07, 6.45) is 0. The van der Waals surface area contributed by atoms with Gasteiger partial charge in [0.05, 0.1) is 10.6 Å². The van der Waals surface area contributed by atoms with Gasteiger partial charge in [-0.15, -0.1) is 0 Å². The van der Waals surface area contributed by atoms with E-state index in [0.29, 0.717) is 11.3 Å². The highest BCUT2D eigenvalue weighted by molar-refractivity contribution is 7.92. The molecular weight excluding hydrogens is 336 g/mol. The fraction of sp³-hybridized carbons (Fsp3) is 0.316. The maximum absolute atomic E-state index is 12.6. The Morgan fingerprint density at radius 1 is 0.960 bits per heavy atom. The molecule has 0 bridgehead atoms. The highest BCUT2D eigenvalue weighted by Crippen LogP contribution is 2.25. The Morgan fingerprint density at radius 3 is 1.96 bits per heavy atom. The number of carbonyl (C=O) groups excluding carboxylic acids is 1. The van der Waals surface area contributed by atoms with Gasteiger partial charge in [-0.3, -0.25) is 9.52 Å². The van der Waals surface area contributed by atoms with Crippen molar-refractivity contribution in [1.82, 2.24) is 5.32 Å². The van der Waals surface area contributed by atoms with E-state index in [2.05, 4.69) is 10.0 Å². The summed E-state index contributed by atoms with van der Waals surface area (Å²) < 4.78 is 27.9. The van der Waals surface area contributed by atoms with E-state index in [1.165, 1.54) is 24.3 Å². The van der Waals surface area contributed by atoms with Crippen LogP contribution in [0.2, 0.25) is 0 Å². The van der Waals surface area contributed by atoms with Crippen molar-refractivity contribution in [1.29, 1.82) is 0 Å². The van der Waals surface area contributed by atoms with Crippen molar-refractivity contribution in [2.45, 2.75) is 45.6 Å². The largest absolute Gasteiger partial charge is 0.350 e. The molecule has 2 N–H and O–H groups in total. The van der Waals surface area contributed by atoms with E-state index in [-0.39, 0.29) is 16.8 Å². The highest BCUT2D eigenvalue weighted by Gasteiger charge is 2.17. The minimum atomic E-state index is -3.72. The molecule has 0 atom stereocenters. The van der Waals surface area contributed by atoms with Crippen LogP contribution in [0.3, 0.4) is 0 Å². The van der Waals surface area contributed by atoms with Crippen molar-refractivity contribution < 1.29 is 13.2 Å². The Morgan fingerprint density at radius 2 is 1.48 bits per heavy atom. The summed E-state index contributed by atoms with van der Waals surface area (Å²) in [6.45, 7) is 9.45. The summed E-state index contributed by atoms with van der Waals surface area (Å²) in [6, 6.07) is 9.80. The van der Waals surface area contributed by atoms with Gasteiger partial charge in [0.25, 0.3) is 15.9 Å². The molecule has 0 aromatic heterocycles. The fourth-order valence-electron chi connectivity index (χ4n) is 2.67. The predicted octanol–water partition coefficient (Wildman–Crippen LogP) is 3.55. The Kier molecular flexibility index (Phi) is 5.52. The van der Waals surface area contributed by atoms with E-state index in [1.807, 2.05) is 46.8 Å². The average Bonchev–Trinajstić information content (AvgIpc) is 2.50. The van der Waals surface area contributed by atoms with Crippen molar-refractivity contribution in [2.75, 3.05) is 4.72 Å². The predicted molar refractivity (Wildman–Crippen MR) is 101 cm³/mol. The Balaban J connectivity index is 2.27. The number of hydrogen-bond acceptors (Lipinski definition) is 3. The van der Waals surface area contributed by atoms with Gasteiger partial charge in [0, 0.05) is 11.6 Å². The summed E-state index contributed by atoms with van der Waals surface area (Å²) in [5.74, 6) is -0.225. The molecule has 0 radical (unpaired) electrons. The molecule has 2 aromatic rings. The van der Waals surface area contributed by atoms with Crippen molar-refractivity contribution in [2.24, 2.45) is 0 Å². The van der Waals surface area contributed by atoms with Crippen molar-refractivity contribution >= 4 is 21.6 Å². The van der Waals surface area contributed by atoms with Crippen LogP contribution in [-0.2, 0) is 10.0 Å². The maximum Gasteiger partial charge on any atom is 0.261 e. The average molecular weight is 360 g/mol. The minimum absolute atomic E-state index is 0.0186. The lowest BCUT2D eigenvalue weighted by molar-refractivity contribution is 0.0943. The zero-order valence-corrected chi connectivity index (χ0v) is 16.0. The molecule has 0 saturated carbocycles. The first-order valence-corrected chi connectivity index (χ1v) is 9.60. The molecule has 25 heavy (non-hydrogen) atoms. The first-order valence-electron chi connectivity index (χ1n) is 8.12. The number of amides is 1. The van der Waals surface area contributed by atoms with Crippen molar-refractivity contribution in [3.8, 4) is 0 Å². The molecule has 1 amide bonds. The molecule has 134 valence electrons. The van der Waals surface area contributed by atoms with Gasteiger partial charge < -0.3 is 5.32 Å². The molecule has 0 saturated heterocycles. The summed E-state index contributed by atoms with van der Waals surface area (Å²) in [5, 5.41) is 2.77. The van der Waals surface area contributed by atoms with E-state index >= 15 is 0 Å². The third-order valence-electron chi connectivity index (χ3n) is 3.76.